The molecule has 1 amide bonds. The highest BCUT2D eigenvalue weighted by molar-refractivity contribution is 5.88. The Hall–Kier alpha value is -0.610. The summed E-state index contributed by atoms with van der Waals surface area (Å²) in [5.74, 6) is 0.727. The third-order valence-electron chi connectivity index (χ3n) is 4.13. The van der Waals surface area contributed by atoms with Crippen molar-refractivity contribution >= 4 is 5.91 Å². The summed E-state index contributed by atoms with van der Waals surface area (Å²) in [4.78, 5) is 16.8. The molecule has 1 heterocycles. The molecule has 0 radical (unpaired) electrons. The summed E-state index contributed by atoms with van der Waals surface area (Å²) in [7, 11) is 4.18. The molecule has 1 saturated heterocycles. The fraction of sp³-hybridized carbons (Fsp3) is 0.933. The topological polar surface area (TPSA) is 35.6 Å². The van der Waals surface area contributed by atoms with Gasteiger partial charge in [0, 0.05) is 6.54 Å². The Morgan fingerprint density at radius 2 is 2.00 bits per heavy atom. The Bertz CT molecular complexity index is 304. The average Bonchev–Trinajstić information content (AvgIpc) is 2.59. The Kier molecular flexibility index (Phi) is 5.81. The predicted octanol–water partition coefficient (Wildman–Crippen LogP) is 1.91. The number of hydrogen-bond donors (Lipinski definition) is 1. The molecular formula is C15H31N3O. The van der Waals surface area contributed by atoms with Crippen LogP contribution >= 0.6 is 0 Å². The van der Waals surface area contributed by atoms with E-state index in [1.165, 1.54) is 0 Å². The van der Waals surface area contributed by atoms with Gasteiger partial charge in [-0.15, -0.1) is 0 Å². The van der Waals surface area contributed by atoms with Crippen LogP contribution in [-0.4, -0.2) is 54.6 Å². The summed E-state index contributed by atoms with van der Waals surface area (Å²) in [6, 6.07) is 0. The Morgan fingerprint density at radius 1 is 1.37 bits per heavy atom. The zero-order valence-electron chi connectivity index (χ0n) is 13.5. The molecule has 1 N–H and O–H groups in total. The molecule has 0 spiro atoms. The van der Waals surface area contributed by atoms with E-state index >= 15 is 0 Å². The molecule has 0 aromatic carbocycles. The second-order valence-electron chi connectivity index (χ2n) is 6.53. The molecule has 1 fully saturated rings. The van der Waals surface area contributed by atoms with Crippen LogP contribution in [0.2, 0.25) is 0 Å². The van der Waals surface area contributed by atoms with Gasteiger partial charge < -0.3 is 9.80 Å². The molecule has 1 aliphatic heterocycles. The van der Waals surface area contributed by atoms with Crippen LogP contribution in [0, 0.1) is 5.92 Å². The quantitative estimate of drug-likeness (QED) is 0.717. The molecule has 1 rings (SSSR count). The summed E-state index contributed by atoms with van der Waals surface area (Å²) in [5, 5.41) is 3.53. The second kappa shape index (κ2) is 6.71. The largest absolute Gasteiger partial charge is 0.325 e. The number of unbranched alkanes of at least 4 members (excludes halogenated alkanes) is 1. The van der Waals surface area contributed by atoms with Gasteiger partial charge in [-0.05, 0) is 52.7 Å². The lowest BCUT2D eigenvalue weighted by Gasteiger charge is -2.27. The molecule has 0 aromatic heterocycles. The maximum atomic E-state index is 12.6. The number of carbonyl (C=O) groups excluding carboxylic acids is 1. The van der Waals surface area contributed by atoms with Gasteiger partial charge in [0.25, 0.3) is 0 Å². The van der Waals surface area contributed by atoms with Crippen molar-refractivity contribution in [2.45, 2.75) is 58.7 Å². The van der Waals surface area contributed by atoms with Crippen LogP contribution in [0.4, 0.5) is 0 Å². The molecule has 2 atom stereocenters. The minimum absolute atomic E-state index is 0.191. The van der Waals surface area contributed by atoms with Crippen LogP contribution in [0.25, 0.3) is 0 Å². The molecule has 112 valence electrons. The minimum Gasteiger partial charge on any atom is -0.325 e. The third-order valence-corrected chi connectivity index (χ3v) is 4.13. The van der Waals surface area contributed by atoms with Crippen molar-refractivity contribution < 1.29 is 4.79 Å². The van der Waals surface area contributed by atoms with Crippen LogP contribution < -0.4 is 5.32 Å². The van der Waals surface area contributed by atoms with E-state index in [-0.39, 0.29) is 17.6 Å². The molecule has 0 saturated carbocycles. The number of amides is 1. The number of carbonyl (C=O) groups is 1. The highest BCUT2D eigenvalue weighted by atomic mass is 16.2. The second-order valence-corrected chi connectivity index (χ2v) is 6.53. The van der Waals surface area contributed by atoms with Gasteiger partial charge in [0.1, 0.15) is 0 Å². The van der Waals surface area contributed by atoms with Crippen LogP contribution in [0.5, 0.6) is 0 Å². The third kappa shape index (κ3) is 3.93. The summed E-state index contributed by atoms with van der Waals surface area (Å²) < 4.78 is 0. The van der Waals surface area contributed by atoms with Gasteiger partial charge in [-0.1, -0.05) is 20.8 Å². The first kappa shape index (κ1) is 16.4. The van der Waals surface area contributed by atoms with E-state index in [0.717, 1.165) is 32.4 Å². The first-order chi connectivity index (χ1) is 8.81. The zero-order valence-corrected chi connectivity index (χ0v) is 13.5. The predicted molar refractivity (Wildman–Crippen MR) is 80.0 cm³/mol. The molecule has 2 unspecified atom stereocenters. The Balaban J connectivity index is 2.60. The first-order valence-electron chi connectivity index (χ1n) is 7.55. The highest BCUT2D eigenvalue weighted by Gasteiger charge is 2.47. The van der Waals surface area contributed by atoms with Crippen molar-refractivity contribution in [3.05, 3.63) is 0 Å². The van der Waals surface area contributed by atoms with Gasteiger partial charge in [-0.2, -0.15) is 0 Å². The van der Waals surface area contributed by atoms with Gasteiger partial charge >= 0.3 is 0 Å². The van der Waals surface area contributed by atoms with Crippen molar-refractivity contribution in [1.29, 1.82) is 0 Å². The molecular weight excluding hydrogens is 238 g/mol. The number of nitrogens with zero attached hydrogens (tertiary/aromatic N) is 2. The summed E-state index contributed by atoms with van der Waals surface area (Å²) in [5.41, 5.74) is -0.365. The van der Waals surface area contributed by atoms with Gasteiger partial charge in [-0.25, -0.2) is 0 Å². The molecule has 0 bridgehead atoms. The molecule has 0 aromatic rings. The Morgan fingerprint density at radius 3 is 2.47 bits per heavy atom. The average molecular weight is 269 g/mol. The Labute approximate surface area is 118 Å². The van der Waals surface area contributed by atoms with Crippen molar-refractivity contribution in [3.63, 3.8) is 0 Å². The van der Waals surface area contributed by atoms with Crippen LogP contribution in [0.1, 0.15) is 47.0 Å². The first-order valence-corrected chi connectivity index (χ1v) is 7.55. The molecule has 0 aliphatic carbocycles. The van der Waals surface area contributed by atoms with E-state index < -0.39 is 0 Å². The van der Waals surface area contributed by atoms with Crippen molar-refractivity contribution in [1.82, 2.24) is 15.1 Å². The van der Waals surface area contributed by atoms with E-state index in [1.54, 1.807) is 0 Å². The van der Waals surface area contributed by atoms with E-state index in [4.69, 9.17) is 0 Å². The van der Waals surface area contributed by atoms with Gasteiger partial charge in [-0.3, -0.25) is 10.1 Å². The van der Waals surface area contributed by atoms with E-state index in [0.29, 0.717) is 5.92 Å². The zero-order chi connectivity index (χ0) is 14.6. The van der Waals surface area contributed by atoms with Crippen molar-refractivity contribution in [3.8, 4) is 0 Å². The van der Waals surface area contributed by atoms with Gasteiger partial charge in [0.2, 0.25) is 5.91 Å². The van der Waals surface area contributed by atoms with Gasteiger partial charge in [0.15, 0.2) is 0 Å². The van der Waals surface area contributed by atoms with E-state index in [1.807, 2.05) is 6.92 Å². The lowest BCUT2D eigenvalue weighted by atomic mass is 9.99. The van der Waals surface area contributed by atoms with E-state index in [2.05, 4.69) is 50.0 Å². The molecule has 19 heavy (non-hydrogen) atoms. The fourth-order valence-electron chi connectivity index (χ4n) is 2.64. The van der Waals surface area contributed by atoms with Crippen molar-refractivity contribution in [2.24, 2.45) is 5.92 Å². The van der Waals surface area contributed by atoms with Crippen LogP contribution in [0.3, 0.4) is 0 Å². The number of nitrogens with one attached hydrogen (secondary N) is 1. The van der Waals surface area contributed by atoms with Crippen molar-refractivity contribution in [2.75, 3.05) is 27.2 Å². The van der Waals surface area contributed by atoms with Crippen LogP contribution in [0.15, 0.2) is 0 Å². The molecule has 1 aliphatic rings. The maximum Gasteiger partial charge on any atom is 0.243 e. The standard InChI is InChI=1S/C15H31N3O/c1-7-15(4)14(19)18(13(16-15)12(2)3)11-9-8-10-17(5)6/h12-13,16H,7-11H2,1-6H3. The molecule has 4 nitrogen and oxygen atoms in total. The lowest BCUT2D eigenvalue weighted by molar-refractivity contribution is -0.133. The minimum atomic E-state index is -0.365. The summed E-state index contributed by atoms with van der Waals surface area (Å²) in [6.45, 7) is 10.4. The van der Waals surface area contributed by atoms with Gasteiger partial charge in [0.05, 0.1) is 11.7 Å². The number of rotatable bonds is 7. The van der Waals surface area contributed by atoms with E-state index in [9.17, 15) is 4.79 Å². The van der Waals surface area contributed by atoms with Crippen LogP contribution in [-0.2, 0) is 4.79 Å². The molecule has 4 heteroatoms. The number of hydrogen-bond acceptors (Lipinski definition) is 3. The summed E-state index contributed by atoms with van der Waals surface area (Å²) >= 11 is 0. The smallest absolute Gasteiger partial charge is 0.243 e. The fourth-order valence-corrected chi connectivity index (χ4v) is 2.64. The normalized spacial score (nSPS) is 27.9. The maximum absolute atomic E-state index is 12.6. The monoisotopic (exact) mass is 269 g/mol. The SMILES string of the molecule is CCC1(C)NC(C(C)C)N(CCCCN(C)C)C1=O. The summed E-state index contributed by atoms with van der Waals surface area (Å²) in [6.07, 6.45) is 3.26. The lowest BCUT2D eigenvalue weighted by Crippen LogP contribution is -2.45. The highest BCUT2D eigenvalue weighted by Crippen LogP contribution is 2.27.